The lowest BCUT2D eigenvalue weighted by atomic mass is 10.3. The van der Waals surface area contributed by atoms with Crippen molar-refractivity contribution in [2.24, 2.45) is 0 Å². The van der Waals surface area contributed by atoms with Crippen molar-refractivity contribution in [2.45, 2.75) is 13.3 Å². The van der Waals surface area contributed by atoms with Crippen molar-refractivity contribution in [3.63, 3.8) is 0 Å². The molecule has 1 aromatic heterocycles. The van der Waals surface area contributed by atoms with Crippen LogP contribution in [0.25, 0.3) is 0 Å². The molecule has 0 aliphatic carbocycles. The molecule has 1 amide bonds. The maximum Gasteiger partial charge on any atom is 0.225 e. The van der Waals surface area contributed by atoms with Gasteiger partial charge in [0.15, 0.2) is 0 Å². The Labute approximate surface area is 82.1 Å². The van der Waals surface area contributed by atoms with Gasteiger partial charge in [0.1, 0.15) is 0 Å². The molecular weight excluding hydrogens is 188 g/mol. The monoisotopic (exact) mass is 198 g/mol. The number of halogens is 1. The van der Waals surface area contributed by atoms with E-state index >= 15 is 0 Å². The van der Waals surface area contributed by atoms with Crippen LogP contribution in [0.5, 0.6) is 0 Å². The summed E-state index contributed by atoms with van der Waals surface area (Å²) in [7, 11) is 0. The molecule has 0 aliphatic rings. The molecule has 70 valence electrons. The highest BCUT2D eigenvalue weighted by Crippen LogP contribution is 2.07. The largest absolute Gasteiger partial charge is 0.326 e. The quantitative estimate of drug-likeness (QED) is 0.755. The zero-order valence-corrected chi connectivity index (χ0v) is 8.14. The fourth-order valence-electron chi connectivity index (χ4n) is 0.933. The highest BCUT2D eigenvalue weighted by atomic mass is 35.5. The number of alkyl halides is 1. The highest BCUT2D eigenvalue weighted by molar-refractivity contribution is 6.19. The first-order valence-corrected chi connectivity index (χ1v) is 4.54. The van der Waals surface area contributed by atoms with Gasteiger partial charge >= 0.3 is 0 Å². The molecule has 0 spiro atoms. The van der Waals surface area contributed by atoms with Crippen molar-refractivity contribution in [1.29, 1.82) is 0 Å². The van der Waals surface area contributed by atoms with Gasteiger partial charge in [-0.1, -0.05) is 0 Å². The molecule has 0 unspecified atom stereocenters. The Bertz CT molecular complexity index is 301. The van der Waals surface area contributed by atoms with Gasteiger partial charge in [0.2, 0.25) is 5.91 Å². The summed E-state index contributed by atoms with van der Waals surface area (Å²) in [6.45, 7) is 1.87. The fourth-order valence-corrected chi connectivity index (χ4v) is 1.10. The van der Waals surface area contributed by atoms with Crippen LogP contribution in [0.2, 0.25) is 0 Å². The number of aryl methyl sites for hydroxylation is 1. The molecule has 1 N–H and O–H groups in total. The van der Waals surface area contributed by atoms with Gasteiger partial charge < -0.3 is 5.32 Å². The Morgan fingerprint density at radius 3 is 3.08 bits per heavy atom. The molecule has 0 fully saturated rings. The number of aromatic nitrogens is 1. The van der Waals surface area contributed by atoms with Crippen molar-refractivity contribution in [1.82, 2.24) is 4.98 Å². The van der Waals surface area contributed by atoms with E-state index in [4.69, 9.17) is 11.6 Å². The second-order valence-electron chi connectivity index (χ2n) is 2.67. The number of nitrogens with one attached hydrogen (secondary N) is 1. The molecule has 1 aromatic rings. The summed E-state index contributed by atoms with van der Waals surface area (Å²) in [5.41, 5.74) is 1.64. The summed E-state index contributed by atoms with van der Waals surface area (Å²) in [5.74, 6) is 0.274. The van der Waals surface area contributed by atoms with Crippen molar-refractivity contribution in [3.8, 4) is 0 Å². The maximum absolute atomic E-state index is 11.1. The van der Waals surface area contributed by atoms with Gasteiger partial charge in [-0.05, 0) is 19.1 Å². The van der Waals surface area contributed by atoms with Gasteiger partial charge in [0.05, 0.1) is 0 Å². The van der Waals surface area contributed by atoms with E-state index in [1.165, 1.54) is 0 Å². The summed E-state index contributed by atoms with van der Waals surface area (Å²) >= 11 is 5.42. The lowest BCUT2D eigenvalue weighted by molar-refractivity contribution is -0.115. The van der Waals surface area contributed by atoms with Crippen molar-refractivity contribution in [3.05, 3.63) is 24.0 Å². The summed E-state index contributed by atoms with van der Waals surface area (Å²) in [4.78, 5) is 15.1. The van der Waals surface area contributed by atoms with Crippen LogP contribution in [0, 0.1) is 6.92 Å². The van der Waals surface area contributed by atoms with Crippen LogP contribution in [0.3, 0.4) is 0 Å². The molecular formula is C9H11ClN2O. The van der Waals surface area contributed by atoms with E-state index in [0.29, 0.717) is 12.3 Å². The lowest BCUT2D eigenvalue weighted by Gasteiger charge is -2.03. The van der Waals surface area contributed by atoms with E-state index < -0.39 is 0 Å². The molecule has 0 aromatic carbocycles. The van der Waals surface area contributed by atoms with E-state index in [-0.39, 0.29) is 5.91 Å². The van der Waals surface area contributed by atoms with Crippen LogP contribution in [0.1, 0.15) is 12.1 Å². The number of anilines is 1. The van der Waals surface area contributed by atoms with E-state index in [0.717, 1.165) is 11.4 Å². The summed E-state index contributed by atoms with van der Waals surface area (Å²) in [5, 5.41) is 2.72. The van der Waals surface area contributed by atoms with Crippen LogP contribution < -0.4 is 5.32 Å². The van der Waals surface area contributed by atoms with E-state index in [1.807, 2.05) is 13.0 Å². The smallest absolute Gasteiger partial charge is 0.225 e. The Morgan fingerprint density at radius 2 is 2.46 bits per heavy atom. The summed E-state index contributed by atoms with van der Waals surface area (Å²) in [6, 6.07) is 3.56. The van der Waals surface area contributed by atoms with Crippen LogP contribution in [-0.4, -0.2) is 16.8 Å². The van der Waals surface area contributed by atoms with Crippen molar-refractivity contribution >= 4 is 23.2 Å². The number of amides is 1. The average molecular weight is 199 g/mol. The van der Waals surface area contributed by atoms with Crippen LogP contribution in [0.4, 0.5) is 5.69 Å². The number of pyridine rings is 1. The normalized spacial score (nSPS) is 9.69. The van der Waals surface area contributed by atoms with Gasteiger partial charge in [-0.25, -0.2) is 0 Å². The van der Waals surface area contributed by atoms with Crippen molar-refractivity contribution in [2.75, 3.05) is 11.2 Å². The zero-order valence-electron chi connectivity index (χ0n) is 7.38. The minimum absolute atomic E-state index is 0.0689. The Morgan fingerprint density at radius 1 is 1.69 bits per heavy atom. The molecule has 0 saturated carbocycles. The van der Waals surface area contributed by atoms with Gasteiger partial charge in [0, 0.05) is 29.9 Å². The lowest BCUT2D eigenvalue weighted by Crippen LogP contribution is -2.11. The third kappa shape index (κ3) is 3.42. The molecule has 1 heterocycles. The predicted octanol–water partition coefficient (Wildman–Crippen LogP) is 1.96. The number of hydrogen-bond donors (Lipinski definition) is 1. The van der Waals surface area contributed by atoms with E-state index in [1.54, 1.807) is 12.3 Å². The SMILES string of the molecule is Cc1cc(NC(=O)CCCl)ccn1. The Balaban J connectivity index is 2.58. The molecule has 0 radical (unpaired) electrons. The first-order chi connectivity index (χ1) is 6.22. The molecule has 0 atom stereocenters. The van der Waals surface area contributed by atoms with E-state index in [2.05, 4.69) is 10.3 Å². The first-order valence-electron chi connectivity index (χ1n) is 4.01. The van der Waals surface area contributed by atoms with Crippen LogP contribution in [0.15, 0.2) is 18.3 Å². The van der Waals surface area contributed by atoms with Gasteiger partial charge in [-0.3, -0.25) is 9.78 Å². The molecule has 3 nitrogen and oxygen atoms in total. The topological polar surface area (TPSA) is 42.0 Å². The van der Waals surface area contributed by atoms with E-state index in [9.17, 15) is 4.79 Å². The maximum atomic E-state index is 11.1. The van der Waals surface area contributed by atoms with Crippen molar-refractivity contribution < 1.29 is 4.79 Å². The standard InChI is InChI=1S/C9H11ClN2O/c1-7-6-8(3-5-11-7)12-9(13)2-4-10/h3,5-6H,2,4H2,1H3,(H,11,12,13). The van der Waals surface area contributed by atoms with Gasteiger partial charge in [0.25, 0.3) is 0 Å². The number of rotatable bonds is 3. The molecule has 0 aliphatic heterocycles. The second-order valence-corrected chi connectivity index (χ2v) is 3.05. The predicted molar refractivity (Wildman–Crippen MR) is 52.9 cm³/mol. The molecule has 1 rings (SSSR count). The zero-order chi connectivity index (χ0) is 9.68. The minimum atomic E-state index is -0.0689. The van der Waals surface area contributed by atoms with Gasteiger partial charge in [-0.15, -0.1) is 11.6 Å². The van der Waals surface area contributed by atoms with Gasteiger partial charge in [-0.2, -0.15) is 0 Å². The van der Waals surface area contributed by atoms with Crippen LogP contribution >= 0.6 is 11.6 Å². The minimum Gasteiger partial charge on any atom is -0.326 e. The second kappa shape index (κ2) is 4.82. The van der Waals surface area contributed by atoms with Crippen LogP contribution in [-0.2, 0) is 4.79 Å². The average Bonchev–Trinajstić information content (AvgIpc) is 2.04. The highest BCUT2D eigenvalue weighted by Gasteiger charge is 2.00. The first kappa shape index (κ1) is 9.99. The molecule has 13 heavy (non-hydrogen) atoms. The number of nitrogens with zero attached hydrogens (tertiary/aromatic N) is 1. The fraction of sp³-hybridized carbons (Fsp3) is 0.333. The third-order valence-corrected chi connectivity index (χ3v) is 1.69. The Kier molecular flexibility index (Phi) is 3.71. The number of carbonyl (C=O) groups is 1. The third-order valence-electron chi connectivity index (χ3n) is 1.50. The molecule has 4 heteroatoms. The Hall–Kier alpha value is -1.09. The molecule has 0 saturated heterocycles. The summed E-state index contributed by atoms with van der Waals surface area (Å²) < 4.78 is 0. The summed E-state index contributed by atoms with van der Waals surface area (Å²) in [6.07, 6.45) is 1.99. The molecule has 0 bridgehead atoms. The number of carbonyl (C=O) groups excluding carboxylic acids is 1. The number of hydrogen-bond acceptors (Lipinski definition) is 2.